The topological polar surface area (TPSA) is 78.9 Å². The predicted octanol–water partition coefficient (Wildman–Crippen LogP) is 3.07. The highest BCUT2D eigenvalue weighted by atomic mass is 16.6. The predicted molar refractivity (Wildman–Crippen MR) is 92.7 cm³/mol. The van der Waals surface area contributed by atoms with Crippen LogP contribution in [0.4, 0.5) is 0 Å². The minimum atomic E-state index is -0.705. The van der Waals surface area contributed by atoms with Gasteiger partial charge in [-0.25, -0.2) is 9.59 Å². The molecule has 0 amide bonds. The monoisotopic (exact) mass is 346 g/mol. The molecule has 0 saturated heterocycles. The number of hydrogen-bond donors (Lipinski definition) is 0. The summed E-state index contributed by atoms with van der Waals surface area (Å²) in [4.78, 5) is 34.7. The summed E-state index contributed by atoms with van der Waals surface area (Å²) in [5, 5.41) is 0. The summed E-state index contributed by atoms with van der Waals surface area (Å²) < 4.78 is 14.8. The molecule has 0 aromatic heterocycles. The van der Waals surface area contributed by atoms with E-state index < -0.39 is 23.5 Å². The maximum absolute atomic E-state index is 11.9. The summed E-state index contributed by atoms with van der Waals surface area (Å²) >= 11 is 0. The Morgan fingerprint density at radius 3 is 2.24 bits per heavy atom. The molecule has 6 nitrogen and oxygen atoms in total. The molecule has 134 valence electrons. The van der Waals surface area contributed by atoms with Gasteiger partial charge in [0.1, 0.15) is 11.4 Å². The first-order chi connectivity index (χ1) is 11.6. The number of rotatable bonds is 6. The van der Waals surface area contributed by atoms with E-state index in [2.05, 4.69) is 11.3 Å². The molecule has 0 spiro atoms. The molecule has 0 aliphatic carbocycles. The lowest BCUT2D eigenvalue weighted by molar-refractivity contribution is -0.154. The molecular formula is C19H22O6. The van der Waals surface area contributed by atoms with Crippen LogP contribution >= 0.6 is 0 Å². The van der Waals surface area contributed by atoms with Crippen LogP contribution in [0.5, 0.6) is 5.75 Å². The standard InChI is InChI=1S/C19H22O6/c1-13(12-17(21)25-19(2,3)4)18(22)24-15-9-6-14(7-10-15)8-11-16(20)23-5/h6-11H,1,12H2,2-5H3. The van der Waals surface area contributed by atoms with Crippen LogP contribution in [0.3, 0.4) is 0 Å². The minimum absolute atomic E-state index is 0.00362. The molecule has 6 heteroatoms. The fourth-order valence-electron chi connectivity index (χ4n) is 1.68. The van der Waals surface area contributed by atoms with Crippen molar-refractivity contribution in [1.29, 1.82) is 0 Å². The van der Waals surface area contributed by atoms with Gasteiger partial charge in [0, 0.05) is 11.6 Å². The van der Waals surface area contributed by atoms with E-state index in [4.69, 9.17) is 9.47 Å². The Labute approximate surface area is 147 Å². The van der Waals surface area contributed by atoms with Crippen LogP contribution in [-0.4, -0.2) is 30.6 Å². The van der Waals surface area contributed by atoms with Crippen LogP contribution in [0, 0.1) is 0 Å². The largest absolute Gasteiger partial charge is 0.466 e. The second kappa shape index (κ2) is 8.82. The lowest BCUT2D eigenvalue weighted by Gasteiger charge is -2.19. The van der Waals surface area contributed by atoms with Gasteiger partial charge in [0.25, 0.3) is 0 Å². The molecule has 1 rings (SSSR count). The van der Waals surface area contributed by atoms with Crippen LogP contribution in [0.15, 0.2) is 42.5 Å². The van der Waals surface area contributed by atoms with E-state index in [1.165, 1.54) is 13.2 Å². The first-order valence-corrected chi connectivity index (χ1v) is 7.58. The Balaban J connectivity index is 2.59. The molecular weight excluding hydrogens is 324 g/mol. The van der Waals surface area contributed by atoms with Crippen molar-refractivity contribution in [3.8, 4) is 5.75 Å². The van der Waals surface area contributed by atoms with E-state index in [9.17, 15) is 14.4 Å². The fourth-order valence-corrected chi connectivity index (χ4v) is 1.68. The van der Waals surface area contributed by atoms with Gasteiger partial charge in [-0.3, -0.25) is 4.79 Å². The number of ether oxygens (including phenoxy) is 3. The maximum atomic E-state index is 11.9. The normalized spacial score (nSPS) is 11.0. The summed E-state index contributed by atoms with van der Waals surface area (Å²) in [6, 6.07) is 6.46. The molecule has 0 unspecified atom stereocenters. The number of carbonyl (C=O) groups excluding carboxylic acids is 3. The number of hydrogen-bond acceptors (Lipinski definition) is 6. The summed E-state index contributed by atoms with van der Waals surface area (Å²) in [5.41, 5.74) is 0.108. The quantitative estimate of drug-likeness (QED) is 0.447. The molecule has 0 aliphatic rings. The lowest BCUT2D eigenvalue weighted by Crippen LogP contribution is -2.25. The molecule has 0 atom stereocenters. The molecule has 25 heavy (non-hydrogen) atoms. The van der Waals surface area contributed by atoms with E-state index >= 15 is 0 Å². The van der Waals surface area contributed by atoms with Crippen molar-refractivity contribution in [1.82, 2.24) is 0 Å². The van der Waals surface area contributed by atoms with Crippen LogP contribution in [-0.2, 0) is 23.9 Å². The average molecular weight is 346 g/mol. The highest BCUT2D eigenvalue weighted by Crippen LogP contribution is 2.16. The molecule has 0 fully saturated rings. The van der Waals surface area contributed by atoms with Crippen LogP contribution in [0.1, 0.15) is 32.8 Å². The molecule has 0 radical (unpaired) electrons. The van der Waals surface area contributed by atoms with E-state index in [0.29, 0.717) is 5.75 Å². The van der Waals surface area contributed by atoms with Crippen LogP contribution in [0.2, 0.25) is 0 Å². The van der Waals surface area contributed by atoms with Crippen molar-refractivity contribution >= 4 is 24.0 Å². The van der Waals surface area contributed by atoms with Crippen molar-refractivity contribution in [2.75, 3.05) is 7.11 Å². The molecule has 0 heterocycles. The van der Waals surface area contributed by atoms with Crippen molar-refractivity contribution in [3.63, 3.8) is 0 Å². The summed E-state index contributed by atoms with van der Waals surface area (Å²) in [5.74, 6) is -1.42. The van der Waals surface area contributed by atoms with Gasteiger partial charge in [-0.2, -0.15) is 0 Å². The third kappa shape index (κ3) is 7.97. The van der Waals surface area contributed by atoms with Gasteiger partial charge in [-0.05, 0) is 44.5 Å². The van der Waals surface area contributed by atoms with Gasteiger partial charge in [0.2, 0.25) is 0 Å². The highest BCUT2D eigenvalue weighted by molar-refractivity contribution is 5.94. The van der Waals surface area contributed by atoms with E-state index in [1.54, 1.807) is 51.1 Å². The summed E-state index contributed by atoms with van der Waals surface area (Å²) in [6.45, 7) is 8.77. The van der Waals surface area contributed by atoms with Gasteiger partial charge in [0.15, 0.2) is 0 Å². The van der Waals surface area contributed by atoms with Gasteiger partial charge >= 0.3 is 17.9 Å². The third-order valence-electron chi connectivity index (χ3n) is 2.77. The van der Waals surface area contributed by atoms with Crippen molar-refractivity contribution < 1.29 is 28.6 Å². The first-order valence-electron chi connectivity index (χ1n) is 7.58. The van der Waals surface area contributed by atoms with Crippen molar-refractivity contribution in [2.24, 2.45) is 0 Å². The maximum Gasteiger partial charge on any atom is 0.339 e. The second-order valence-electron chi connectivity index (χ2n) is 6.18. The van der Waals surface area contributed by atoms with Gasteiger partial charge in [-0.15, -0.1) is 0 Å². The first kappa shape index (κ1) is 20.2. The van der Waals surface area contributed by atoms with Gasteiger partial charge < -0.3 is 14.2 Å². The fraction of sp³-hybridized carbons (Fsp3) is 0.316. The summed E-state index contributed by atoms with van der Waals surface area (Å²) in [6.07, 6.45) is 2.61. The highest BCUT2D eigenvalue weighted by Gasteiger charge is 2.20. The molecule has 0 bridgehead atoms. The van der Waals surface area contributed by atoms with E-state index in [1.807, 2.05) is 0 Å². The smallest absolute Gasteiger partial charge is 0.339 e. The summed E-state index contributed by atoms with van der Waals surface area (Å²) in [7, 11) is 1.29. The van der Waals surface area contributed by atoms with Gasteiger partial charge in [-0.1, -0.05) is 18.7 Å². The Kier molecular flexibility index (Phi) is 7.11. The second-order valence-corrected chi connectivity index (χ2v) is 6.18. The zero-order valence-corrected chi connectivity index (χ0v) is 14.8. The third-order valence-corrected chi connectivity index (χ3v) is 2.77. The van der Waals surface area contributed by atoms with Crippen molar-refractivity contribution in [3.05, 3.63) is 48.1 Å². The van der Waals surface area contributed by atoms with Gasteiger partial charge in [0.05, 0.1) is 13.5 Å². The molecule has 1 aromatic carbocycles. The average Bonchev–Trinajstić information content (AvgIpc) is 2.51. The SMILES string of the molecule is C=C(CC(=O)OC(C)(C)C)C(=O)Oc1ccc(C=CC(=O)OC)cc1. The zero-order chi connectivity index (χ0) is 19.0. The van der Waals surface area contributed by atoms with Crippen LogP contribution < -0.4 is 4.74 Å². The Morgan fingerprint density at radius 1 is 1.12 bits per heavy atom. The molecule has 0 saturated carbocycles. The van der Waals surface area contributed by atoms with E-state index in [-0.39, 0.29) is 12.0 Å². The minimum Gasteiger partial charge on any atom is -0.466 e. The van der Waals surface area contributed by atoms with Crippen LogP contribution in [0.25, 0.3) is 6.08 Å². The number of methoxy groups -OCH3 is 1. The Bertz CT molecular complexity index is 677. The van der Waals surface area contributed by atoms with Crippen molar-refractivity contribution in [2.45, 2.75) is 32.8 Å². The molecule has 0 N–H and O–H groups in total. The number of esters is 3. The zero-order valence-electron chi connectivity index (χ0n) is 14.8. The Morgan fingerprint density at radius 2 is 1.72 bits per heavy atom. The Hall–Kier alpha value is -2.89. The number of benzene rings is 1. The number of carbonyl (C=O) groups is 3. The molecule has 0 aliphatic heterocycles. The molecule has 1 aromatic rings. The lowest BCUT2D eigenvalue weighted by atomic mass is 10.1. The van der Waals surface area contributed by atoms with E-state index in [0.717, 1.165) is 5.56 Å².